The Morgan fingerprint density at radius 1 is 0.872 bits per heavy atom. The van der Waals surface area contributed by atoms with Crippen molar-refractivity contribution < 1.29 is 14.3 Å². The first-order valence-electron chi connectivity index (χ1n) is 16.0. The van der Waals surface area contributed by atoms with Crippen LogP contribution < -0.4 is 16.0 Å². The van der Waals surface area contributed by atoms with Gasteiger partial charge in [0.2, 0.25) is 0 Å². The maximum Gasteiger partial charge on any atom is 0.328 e. The largest absolute Gasteiger partial charge is 0.467 e. The molecule has 1 aliphatic rings. The van der Waals surface area contributed by atoms with Crippen molar-refractivity contribution in [2.75, 3.05) is 43.9 Å². The van der Waals surface area contributed by atoms with Crippen LogP contribution in [0, 0.1) is 5.92 Å². The van der Waals surface area contributed by atoms with Crippen molar-refractivity contribution in [3.05, 3.63) is 132 Å². The molecule has 4 aromatic carbocycles. The van der Waals surface area contributed by atoms with E-state index in [1.165, 1.54) is 18.2 Å². The summed E-state index contributed by atoms with van der Waals surface area (Å²) in [4.78, 5) is 33.6. The van der Waals surface area contributed by atoms with Gasteiger partial charge in [0.15, 0.2) is 0 Å². The number of nitrogens with two attached hydrogens (primary N) is 1. The van der Waals surface area contributed by atoms with E-state index in [0.29, 0.717) is 17.7 Å². The number of methoxy groups -OCH3 is 1. The van der Waals surface area contributed by atoms with Crippen molar-refractivity contribution in [2.45, 2.75) is 32.4 Å². The second kappa shape index (κ2) is 17.5. The maximum absolute atomic E-state index is 12.9. The average Bonchev–Trinajstić information content (AvgIpc) is 3.10. The molecule has 0 aromatic heterocycles. The minimum absolute atomic E-state index is 0.191. The van der Waals surface area contributed by atoms with Crippen LogP contribution in [-0.2, 0) is 9.53 Å². The number of hydrogen-bond donors (Lipinski definition) is 2. The van der Waals surface area contributed by atoms with E-state index in [2.05, 4.69) is 93.2 Å². The molecule has 244 valence electrons. The van der Waals surface area contributed by atoms with Gasteiger partial charge in [0.25, 0.3) is 5.91 Å². The van der Waals surface area contributed by atoms with E-state index in [-0.39, 0.29) is 17.9 Å². The number of carbonyl (C=O) groups is 2. The van der Waals surface area contributed by atoms with Crippen LogP contribution in [0.15, 0.2) is 121 Å². The Morgan fingerprint density at radius 2 is 1.43 bits per heavy atom. The molecule has 1 aliphatic heterocycles. The number of rotatable bonds is 10. The van der Waals surface area contributed by atoms with Gasteiger partial charge in [-0.1, -0.05) is 92.7 Å². The number of aliphatic imine (C=N–C) groups is 1. The highest BCUT2D eigenvalue weighted by atomic mass is 16.5. The van der Waals surface area contributed by atoms with Crippen LogP contribution in [0.4, 0.5) is 17.1 Å². The molecule has 0 radical (unpaired) electrons. The Labute approximate surface area is 278 Å². The second-order valence-electron chi connectivity index (χ2n) is 11.8. The zero-order valence-electron chi connectivity index (χ0n) is 27.5. The number of nitrogen functional groups attached to an aromatic ring is 1. The summed E-state index contributed by atoms with van der Waals surface area (Å²) in [7, 11) is 1.33. The lowest BCUT2D eigenvalue weighted by atomic mass is 9.96. The predicted molar refractivity (Wildman–Crippen MR) is 191 cm³/mol. The zero-order chi connectivity index (χ0) is 33.6. The smallest absolute Gasteiger partial charge is 0.328 e. The molecule has 0 saturated carbocycles. The predicted octanol–water partition coefficient (Wildman–Crippen LogP) is 6.67. The van der Waals surface area contributed by atoms with Crippen LogP contribution in [-0.4, -0.2) is 62.0 Å². The number of hydrogen-bond acceptors (Lipinski definition) is 7. The fourth-order valence-corrected chi connectivity index (χ4v) is 5.75. The van der Waals surface area contributed by atoms with E-state index in [0.717, 1.165) is 37.6 Å². The minimum atomic E-state index is -0.691. The lowest BCUT2D eigenvalue weighted by Crippen LogP contribution is -2.48. The summed E-state index contributed by atoms with van der Waals surface area (Å²) < 4.78 is 4.87. The van der Waals surface area contributed by atoms with Gasteiger partial charge in [-0.05, 0) is 66.2 Å². The molecule has 4 aromatic rings. The summed E-state index contributed by atoms with van der Waals surface area (Å²) >= 11 is 0. The van der Waals surface area contributed by atoms with E-state index in [1.807, 2.05) is 50.2 Å². The third-order valence-corrected chi connectivity index (χ3v) is 8.00. The maximum atomic E-state index is 12.9. The lowest BCUT2D eigenvalue weighted by molar-refractivity contribution is -0.143. The SMILES string of the molecule is C=C=Nc1ccccc1.COC(=O)C(CC(C)C)NC(=O)c1ccc(N2CCN(C(c3ccccc3)c3ccccc3)CC2)c(N)c1. The van der Waals surface area contributed by atoms with E-state index in [1.54, 1.807) is 12.1 Å². The molecular weight excluding hydrogens is 586 g/mol. The van der Waals surface area contributed by atoms with Crippen molar-refractivity contribution >= 4 is 34.8 Å². The number of piperazine rings is 1. The van der Waals surface area contributed by atoms with Crippen LogP contribution >= 0.6 is 0 Å². The highest BCUT2D eigenvalue weighted by Gasteiger charge is 2.28. The number of nitrogens with one attached hydrogen (secondary N) is 1. The summed E-state index contributed by atoms with van der Waals surface area (Å²) in [6.07, 6.45) is 0.503. The van der Waals surface area contributed by atoms with Gasteiger partial charge in [-0.3, -0.25) is 9.69 Å². The van der Waals surface area contributed by atoms with Crippen LogP contribution in [0.5, 0.6) is 0 Å². The molecular formula is C39H45N5O3. The third-order valence-electron chi connectivity index (χ3n) is 8.00. The molecule has 47 heavy (non-hydrogen) atoms. The van der Waals surface area contributed by atoms with Gasteiger partial charge < -0.3 is 20.7 Å². The number of benzene rings is 4. The first kappa shape index (κ1) is 34.7. The van der Waals surface area contributed by atoms with Gasteiger partial charge in [0, 0.05) is 31.7 Å². The summed E-state index contributed by atoms with van der Waals surface area (Å²) in [6, 6.07) is 35.7. The molecule has 1 atom stereocenters. The molecule has 1 heterocycles. The number of esters is 1. The van der Waals surface area contributed by atoms with Gasteiger partial charge in [-0.25, -0.2) is 9.79 Å². The van der Waals surface area contributed by atoms with E-state index < -0.39 is 12.0 Å². The molecule has 8 heteroatoms. The summed E-state index contributed by atoms with van der Waals surface area (Å²) in [6.45, 7) is 10.8. The van der Waals surface area contributed by atoms with Crippen molar-refractivity contribution in [3.8, 4) is 0 Å². The highest BCUT2D eigenvalue weighted by Crippen LogP contribution is 2.32. The summed E-state index contributed by atoms with van der Waals surface area (Å²) in [5.41, 5.74) is 11.8. The molecule has 1 saturated heterocycles. The highest BCUT2D eigenvalue weighted by molar-refractivity contribution is 5.98. The first-order valence-corrected chi connectivity index (χ1v) is 16.0. The molecule has 0 spiro atoms. The zero-order valence-corrected chi connectivity index (χ0v) is 27.5. The fraction of sp³-hybridized carbons (Fsp3) is 0.282. The Hall–Kier alpha value is -5.17. The number of nitrogens with zero attached hydrogens (tertiary/aromatic N) is 3. The normalized spacial score (nSPS) is 13.6. The van der Waals surface area contributed by atoms with Crippen LogP contribution in [0.1, 0.15) is 47.8 Å². The van der Waals surface area contributed by atoms with Gasteiger partial charge >= 0.3 is 5.97 Å². The summed E-state index contributed by atoms with van der Waals surface area (Å²) in [5, 5.41) is 2.80. The number of amides is 1. The van der Waals surface area contributed by atoms with Crippen molar-refractivity contribution in [3.63, 3.8) is 0 Å². The first-order chi connectivity index (χ1) is 22.8. The van der Waals surface area contributed by atoms with Crippen LogP contribution in [0.3, 0.4) is 0 Å². The molecule has 0 bridgehead atoms. The molecule has 3 N–H and O–H groups in total. The molecule has 1 fully saturated rings. The molecule has 1 amide bonds. The Balaban J connectivity index is 0.000000479. The Kier molecular flexibility index (Phi) is 12.9. The number of ether oxygens (including phenoxy) is 1. The van der Waals surface area contributed by atoms with Crippen molar-refractivity contribution in [1.29, 1.82) is 0 Å². The number of para-hydroxylation sites is 1. The van der Waals surface area contributed by atoms with Gasteiger partial charge in [-0.2, -0.15) is 0 Å². The third kappa shape index (κ3) is 9.91. The van der Waals surface area contributed by atoms with E-state index in [9.17, 15) is 9.59 Å². The average molecular weight is 632 g/mol. The second-order valence-corrected chi connectivity index (χ2v) is 11.8. The Morgan fingerprint density at radius 3 is 1.91 bits per heavy atom. The quantitative estimate of drug-likeness (QED) is 0.115. The van der Waals surface area contributed by atoms with Gasteiger partial charge in [0.05, 0.1) is 30.2 Å². The topological polar surface area (TPSA) is 100 Å². The molecule has 0 aliphatic carbocycles. The van der Waals surface area contributed by atoms with E-state index >= 15 is 0 Å². The van der Waals surface area contributed by atoms with Crippen LogP contribution in [0.2, 0.25) is 0 Å². The lowest BCUT2D eigenvalue weighted by Gasteiger charge is -2.41. The fourth-order valence-electron chi connectivity index (χ4n) is 5.75. The monoisotopic (exact) mass is 631 g/mol. The molecule has 1 unspecified atom stereocenters. The Bertz CT molecular complexity index is 1580. The van der Waals surface area contributed by atoms with Crippen molar-refractivity contribution in [2.24, 2.45) is 10.9 Å². The van der Waals surface area contributed by atoms with E-state index in [4.69, 9.17) is 10.5 Å². The van der Waals surface area contributed by atoms with Crippen molar-refractivity contribution in [1.82, 2.24) is 10.2 Å². The standard InChI is InChI=1S/C31H38N4O3.C8H7N/c1-22(2)20-27(31(37)38-3)33-30(36)25-14-15-28(26(32)21-25)34-16-18-35(19-17-34)29(23-10-6-4-7-11-23)24-12-8-5-9-13-24;1-2-9-8-6-4-3-5-7-8/h4-15,21-22,27,29H,16-20,32H2,1-3H3,(H,33,36);3-7H,1H2. The van der Waals surface area contributed by atoms with Gasteiger partial charge in [0.1, 0.15) is 6.04 Å². The minimum Gasteiger partial charge on any atom is -0.467 e. The number of carbonyl (C=O) groups excluding carboxylic acids is 2. The molecule has 8 nitrogen and oxygen atoms in total. The number of anilines is 2. The van der Waals surface area contributed by atoms with Gasteiger partial charge in [-0.15, -0.1) is 0 Å². The summed E-state index contributed by atoms with van der Waals surface area (Å²) in [5.74, 6) is 1.91. The van der Waals surface area contributed by atoms with Crippen LogP contribution in [0.25, 0.3) is 0 Å². The molecule has 5 rings (SSSR count).